The van der Waals surface area contributed by atoms with Crippen LogP contribution in [0.15, 0.2) is 35.5 Å². The fraction of sp³-hybridized carbons (Fsp3) is 0.357. The molecule has 0 saturated heterocycles. The molecule has 5 heteroatoms. The molecule has 0 aliphatic carbocycles. The standard InChI is InChI=1S/C14H17N3O2/c1-14(2,3)19-13(18)12-8-4-6-11(10-12)7-5-9-16-17-15/h4-8,10H,9H2,1-3H3. The van der Waals surface area contributed by atoms with Crippen molar-refractivity contribution in [1.29, 1.82) is 0 Å². The second-order valence-electron chi connectivity index (χ2n) is 4.94. The first-order valence-electron chi connectivity index (χ1n) is 5.93. The first-order valence-corrected chi connectivity index (χ1v) is 5.93. The third-order valence-corrected chi connectivity index (χ3v) is 2.08. The minimum absolute atomic E-state index is 0.285. The van der Waals surface area contributed by atoms with Gasteiger partial charge < -0.3 is 4.74 Å². The Hall–Kier alpha value is -2.26. The number of rotatable bonds is 4. The molecular weight excluding hydrogens is 242 g/mol. The number of benzene rings is 1. The molecule has 0 N–H and O–H groups in total. The van der Waals surface area contributed by atoms with Crippen LogP contribution in [0.3, 0.4) is 0 Å². The molecule has 0 aliphatic heterocycles. The normalized spacial score (nSPS) is 11.1. The van der Waals surface area contributed by atoms with Crippen molar-refractivity contribution in [3.63, 3.8) is 0 Å². The van der Waals surface area contributed by atoms with Crippen molar-refractivity contribution in [1.82, 2.24) is 0 Å². The molecule has 0 aliphatic rings. The van der Waals surface area contributed by atoms with Crippen LogP contribution in [0.25, 0.3) is 16.5 Å². The van der Waals surface area contributed by atoms with Gasteiger partial charge in [-0.3, -0.25) is 0 Å². The van der Waals surface area contributed by atoms with Gasteiger partial charge in [0.25, 0.3) is 0 Å². The smallest absolute Gasteiger partial charge is 0.338 e. The van der Waals surface area contributed by atoms with Gasteiger partial charge in [0.05, 0.1) is 5.56 Å². The first-order chi connectivity index (χ1) is 8.92. The fourth-order valence-corrected chi connectivity index (χ4v) is 1.38. The summed E-state index contributed by atoms with van der Waals surface area (Å²) in [6.07, 6.45) is 3.52. The number of hydrogen-bond acceptors (Lipinski definition) is 3. The number of hydrogen-bond donors (Lipinski definition) is 0. The van der Waals surface area contributed by atoms with Crippen LogP contribution in [-0.2, 0) is 4.74 Å². The minimum Gasteiger partial charge on any atom is -0.456 e. The quantitative estimate of drug-likeness (QED) is 0.355. The van der Waals surface area contributed by atoms with Crippen molar-refractivity contribution in [2.45, 2.75) is 26.4 Å². The number of azide groups is 1. The van der Waals surface area contributed by atoms with Gasteiger partial charge in [0.2, 0.25) is 0 Å². The predicted molar refractivity (Wildman–Crippen MR) is 74.7 cm³/mol. The van der Waals surface area contributed by atoms with Crippen LogP contribution in [0.4, 0.5) is 0 Å². The molecule has 0 spiro atoms. The molecule has 1 aromatic rings. The highest BCUT2D eigenvalue weighted by atomic mass is 16.6. The topological polar surface area (TPSA) is 75.1 Å². The zero-order valence-corrected chi connectivity index (χ0v) is 11.3. The zero-order valence-electron chi connectivity index (χ0n) is 11.3. The van der Waals surface area contributed by atoms with E-state index in [2.05, 4.69) is 10.0 Å². The molecule has 0 unspecified atom stereocenters. The van der Waals surface area contributed by atoms with E-state index in [0.29, 0.717) is 5.56 Å². The Morgan fingerprint density at radius 1 is 1.47 bits per heavy atom. The lowest BCUT2D eigenvalue weighted by Crippen LogP contribution is -2.23. The molecule has 5 nitrogen and oxygen atoms in total. The molecular formula is C14H17N3O2. The molecule has 1 rings (SSSR count). The van der Waals surface area contributed by atoms with E-state index < -0.39 is 5.60 Å². The summed E-state index contributed by atoms with van der Waals surface area (Å²) in [6.45, 7) is 5.77. The van der Waals surface area contributed by atoms with Crippen LogP contribution in [0, 0.1) is 0 Å². The van der Waals surface area contributed by atoms with E-state index in [-0.39, 0.29) is 12.5 Å². The molecule has 0 fully saturated rings. The molecule has 0 atom stereocenters. The average Bonchev–Trinajstić information content (AvgIpc) is 2.33. The van der Waals surface area contributed by atoms with E-state index >= 15 is 0 Å². The lowest BCUT2D eigenvalue weighted by Gasteiger charge is -2.19. The third kappa shape index (κ3) is 5.75. The molecule has 100 valence electrons. The van der Waals surface area contributed by atoms with Crippen LogP contribution >= 0.6 is 0 Å². The van der Waals surface area contributed by atoms with Gasteiger partial charge in [-0.05, 0) is 44.0 Å². The fourth-order valence-electron chi connectivity index (χ4n) is 1.38. The van der Waals surface area contributed by atoms with Gasteiger partial charge in [0.1, 0.15) is 5.60 Å². The molecule has 19 heavy (non-hydrogen) atoms. The number of esters is 1. The highest BCUT2D eigenvalue weighted by molar-refractivity contribution is 5.90. The SMILES string of the molecule is CC(C)(C)OC(=O)c1cccc(C=CCN=[N+]=[N-])c1. The predicted octanol–water partition coefficient (Wildman–Crippen LogP) is 3.97. The summed E-state index contributed by atoms with van der Waals surface area (Å²) in [5, 5.41) is 3.39. The lowest BCUT2D eigenvalue weighted by atomic mass is 10.1. The summed E-state index contributed by atoms with van der Waals surface area (Å²) in [4.78, 5) is 14.5. The summed E-state index contributed by atoms with van der Waals surface area (Å²) in [7, 11) is 0. The maximum atomic E-state index is 11.9. The largest absolute Gasteiger partial charge is 0.456 e. The van der Waals surface area contributed by atoms with Crippen LogP contribution in [-0.4, -0.2) is 18.1 Å². The second kappa shape index (κ2) is 6.61. The Labute approximate surface area is 112 Å². The summed E-state index contributed by atoms with van der Waals surface area (Å²) < 4.78 is 5.29. The van der Waals surface area contributed by atoms with Gasteiger partial charge in [0.15, 0.2) is 0 Å². The number of nitrogens with zero attached hydrogens (tertiary/aromatic N) is 3. The number of ether oxygens (including phenoxy) is 1. The van der Waals surface area contributed by atoms with E-state index in [1.54, 1.807) is 30.4 Å². The minimum atomic E-state index is -0.509. The Morgan fingerprint density at radius 2 is 2.21 bits per heavy atom. The highest BCUT2D eigenvalue weighted by Crippen LogP contribution is 2.14. The average molecular weight is 259 g/mol. The Balaban J connectivity index is 2.79. The van der Waals surface area contributed by atoms with Crippen LogP contribution in [0.1, 0.15) is 36.7 Å². The van der Waals surface area contributed by atoms with Crippen molar-refractivity contribution in [3.05, 3.63) is 51.9 Å². The van der Waals surface area contributed by atoms with Crippen LogP contribution in [0.5, 0.6) is 0 Å². The van der Waals surface area contributed by atoms with Gasteiger partial charge in [-0.2, -0.15) is 0 Å². The molecule has 0 heterocycles. The molecule has 0 bridgehead atoms. The highest BCUT2D eigenvalue weighted by Gasteiger charge is 2.17. The van der Waals surface area contributed by atoms with Crippen molar-refractivity contribution in [2.24, 2.45) is 5.11 Å². The van der Waals surface area contributed by atoms with Gasteiger partial charge in [-0.15, -0.1) is 0 Å². The summed E-state index contributed by atoms with van der Waals surface area (Å²) in [6, 6.07) is 7.09. The lowest BCUT2D eigenvalue weighted by molar-refractivity contribution is 0.00695. The van der Waals surface area contributed by atoms with E-state index in [0.717, 1.165) is 5.56 Å². The Kier molecular flexibility index (Phi) is 5.15. The van der Waals surface area contributed by atoms with Crippen molar-refractivity contribution >= 4 is 12.0 Å². The van der Waals surface area contributed by atoms with E-state index in [1.165, 1.54) is 0 Å². The summed E-state index contributed by atoms with van der Waals surface area (Å²) in [5.74, 6) is -0.349. The van der Waals surface area contributed by atoms with Crippen molar-refractivity contribution < 1.29 is 9.53 Å². The third-order valence-electron chi connectivity index (χ3n) is 2.08. The second-order valence-corrected chi connectivity index (χ2v) is 4.94. The summed E-state index contributed by atoms with van der Waals surface area (Å²) >= 11 is 0. The Morgan fingerprint density at radius 3 is 2.84 bits per heavy atom. The van der Waals surface area contributed by atoms with Gasteiger partial charge >= 0.3 is 5.97 Å². The van der Waals surface area contributed by atoms with Gasteiger partial charge in [-0.1, -0.05) is 29.4 Å². The van der Waals surface area contributed by atoms with E-state index in [4.69, 9.17) is 10.3 Å². The summed E-state index contributed by atoms with van der Waals surface area (Å²) in [5.41, 5.74) is 9.00. The molecule has 0 radical (unpaired) electrons. The molecule has 0 saturated carbocycles. The van der Waals surface area contributed by atoms with Crippen molar-refractivity contribution in [3.8, 4) is 0 Å². The van der Waals surface area contributed by atoms with Crippen LogP contribution < -0.4 is 0 Å². The zero-order chi connectivity index (χ0) is 14.3. The maximum Gasteiger partial charge on any atom is 0.338 e. The van der Waals surface area contributed by atoms with Crippen LogP contribution in [0.2, 0.25) is 0 Å². The molecule has 0 amide bonds. The maximum absolute atomic E-state index is 11.9. The molecule has 1 aromatic carbocycles. The monoisotopic (exact) mass is 259 g/mol. The molecule has 0 aromatic heterocycles. The van der Waals surface area contributed by atoms with E-state index in [9.17, 15) is 4.79 Å². The van der Waals surface area contributed by atoms with Gasteiger partial charge in [0, 0.05) is 11.5 Å². The number of carbonyl (C=O) groups excluding carboxylic acids is 1. The van der Waals surface area contributed by atoms with E-state index in [1.807, 2.05) is 26.8 Å². The van der Waals surface area contributed by atoms with Crippen molar-refractivity contribution in [2.75, 3.05) is 6.54 Å². The Bertz CT molecular complexity index is 524. The van der Waals surface area contributed by atoms with Gasteiger partial charge in [-0.25, -0.2) is 4.79 Å². The first kappa shape index (κ1) is 14.8. The number of carbonyl (C=O) groups is 1.